The molecule has 2 rings (SSSR count). The van der Waals surface area contributed by atoms with Crippen molar-refractivity contribution in [1.29, 1.82) is 0 Å². The van der Waals surface area contributed by atoms with Gasteiger partial charge in [-0.05, 0) is 18.2 Å². The first kappa shape index (κ1) is 9.02. The lowest BCUT2D eigenvalue weighted by Crippen LogP contribution is -1.89. The molecule has 1 aromatic carbocycles. The summed E-state index contributed by atoms with van der Waals surface area (Å²) in [4.78, 5) is 4.05. The summed E-state index contributed by atoms with van der Waals surface area (Å²) in [5.41, 5.74) is 1.83. The molecule has 14 heavy (non-hydrogen) atoms. The molecule has 1 aromatic heterocycles. The minimum atomic E-state index is 0.643. The van der Waals surface area contributed by atoms with E-state index in [9.17, 15) is 0 Å². The van der Waals surface area contributed by atoms with Gasteiger partial charge in [-0.2, -0.15) is 5.10 Å². The van der Waals surface area contributed by atoms with E-state index in [1.807, 2.05) is 25.2 Å². The quantitative estimate of drug-likeness (QED) is 0.795. The maximum Gasteiger partial charge on any atom is 0.180 e. The van der Waals surface area contributed by atoms with Crippen molar-refractivity contribution < 1.29 is 0 Å². The van der Waals surface area contributed by atoms with Gasteiger partial charge >= 0.3 is 0 Å². The Morgan fingerprint density at radius 3 is 2.86 bits per heavy atom. The summed E-state index contributed by atoms with van der Waals surface area (Å²) in [5.74, 6) is 0.643. The summed E-state index contributed by atoms with van der Waals surface area (Å²) >= 11 is 5.94. The van der Waals surface area contributed by atoms with Crippen molar-refractivity contribution in [3.8, 4) is 11.4 Å². The standard InChI is InChI=1S/C9H9ClN4/c1-11-8-3-6(2-7(10)4-8)9-12-5-13-14-9/h2-5,11H,1H3,(H,12,13,14). The van der Waals surface area contributed by atoms with E-state index >= 15 is 0 Å². The highest BCUT2D eigenvalue weighted by molar-refractivity contribution is 6.31. The monoisotopic (exact) mass is 208 g/mol. The van der Waals surface area contributed by atoms with E-state index in [1.165, 1.54) is 6.33 Å². The molecule has 2 N–H and O–H groups in total. The van der Waals surface area contributed by atoms with Crippen LogP contribution in [-0.4, -0.2) is 22.2 Å². The molecule has 1 heterocycles. The van der Waals surface area contributed by atoms with E-state index in [0.717, 1.165) is 11.3 Å². The van der Waals surface area contributed by atoms with Crippen molar-refractivity contribution in [2.75, 3.05) is 12.4 Å². The molecule has 0 bridgehead atoms. The van der Waals surface area contributed by atoms with Crippen LogP contribution in [0, 0.1) is 0 Å². The van der Waals surface area contributed by atoms with E-state index in [-0.39, 0.29) is 0 Å². The Morgan fingerprint density at radius 1 is 1.36 bits per heavy atom. The first-order valence-electron chi connectivity index (χ1n) is 4.14. The SMILES string of the molecule is CNc1cc(Cl)cc(-c2nc[nH]n2)c1. The van der Waals surface area contributed by atoms with Gasteiger partial charge in [-0.25, -0.2) is 4.98 Å². The highest BCUT2D eigenvalue weighted by atomic mass is 35.5. The number of H-pyrrole nitrogens is 1. The largest absolute Gasteiger partial charge is 0.388 e. The topological polar surface area (TPSA) is 53.6 Å². The van der Waals surface area contributed by atoms with Gasteiger partial charge in [0.25, 0.3) is 0 Å². The molecule has 0 atom stereocenters. The average molecular weight is 209 g/mol. The molecule has 0 aliphatic rings. The predicted octanol–water partition coefficient (Wildman–Crippen LogP) is 2.17. The van der Waals surface area contributed by atoms with Crippen molar-refractivity contribution in [1.82, 2.24) is 15.2 Å². The highest BCUT2D eigenvalue weighted by Gasteiger charge is 2.04. The average Bonchev–Trinajstić information content (AvgIpc) is 2.69. The van der Waals surface area contributed by atoms with Crippen LogP contribution in [0.25, 0.3) is 11.4 Å². The zero-order valence-corrected chi connectivity index (χ0v) is 8.34. The van der Waals surface area contributed by atoms with Crippen LogP contribution in [0.4, 0.5) is 5.69 Å². The highest BCUT2D eigenvalue weighted by Crippen LogP contribution is 2.24. The molecule has 5 heteroatoms. The van der Waals surface area contributed by atoms with Gasteiger partial charge in [0.05, 0.1) is 0 Å². The molecule has 0 aliphatic heterocycles. The van der Waals surface area contributed by atoms with Crippen LogP contribution in [0.1, 0.15) is 0 Å². The number of hydrogen-bond donors (Lipinski definition) is 2. The fourth-order valence-corrected chi connectivity index (χ4v) is 1.45. The van der Waals surface area contributed by atoms with E-state index in [1.54, 1.807) is 0 Å². The zero-order valence-electron chi connectivity index (χ0n) is 7.58. The number of aromatic nitrogens is 3. The normalized spacial score (nSPS) is 10.1. The number of aromatic amines is 1. The Bertz CT molecular complexity index is 424. The summed E-state index contributed by atoms with van der Waals surface area (Å²) in [6.07, 6.45) is 1.54. The molecule has 4 nitrogen and oxygen atoms in total. The molecular formula is C9H9ClN4. The lowest BCUT2D eigenvalue weighted by Gasteiger charge is -2.02. The van der Waals surface area contributed by atoms with Crippen molar-refractivity contribution in [2.45, 2.75) is 0 Å². The summed E-state index contributed by atoms with van der Waals surface area (Å²) in [6.45, 7) is 0. The van der Waals surface area contributed by atoms with Crippen LogP contribution in [0.2, 0.25) is 5.02 Å². The minimum absolute atomic E-state index is 0.643. The Morgan fingerprint density at radius 2 is 2.21 bits per heavy atom. The fraction of sp³-hybridized carbons (Fsp3) is 0.111. The number of nitrogens with one attached hydrogen (secondary N) is 2. The van der Waals surface area contributed by atoms with Crippen molar-refractivity contribution in [3.63, 3.8) is 0 Å². The molecule has 0 aliphatic carbocycles. The maximum absolute atomic E-state index is 5.94. The van der Waals surface area contributed by atoms with Crippen LogP contribution in [0.5, 0.6) is 0 Å². The van der Waals surface area contributed by atoms with Crippen molar-refractivity contribution in [3.05, 3.63) is 29.5 Å². The van der Waals surface area contributed by atoms with E-state index in [0.29, 0.717) is 10.8 Å². The second-order valence-corrected chi connectivity index (χ2v) is 3.24. The lowest BCUT2D eigenvalue weighted by molar-refractivity contribution is 1.10. The number of halogens is 1. The molecular weight excluding hydrogens is 200 g/mol. The van der Waals surface area contributed by atoms with E-state index in [2.05, 4.69) is 20.5 Å². The first-order chi connectivity index (χ1) is 6.79. The number of rotatable bonds is 2. The van der Waals surface area contributed by atoms with Crippen molar-refractivity contribution in [2.24, 2.45) is 0 Å². The lowest BCUT2D eigenvalue weighted by atomic mass is 10.2. The summed E-state index contributed by atoms with van der Waals surface area (Å²) in [7, 11) is 1.84. The minimum Gasteiger partial charge on any atom is -0.388 e. The van der Waals surface area contributed by atoms with Gasteiger partial charge < -0.3 is 5.32 Å². The molecule has 0 saturated carbocycles. The fourth-order valence-electron chi connectivity index (χ4n) is 1.21. The van der Waals surface area contributed by atoms with Gasteiger partial charge in [-0.1, -0.05) is 11.6 Å². The molecule has 0 unspecified atom stereocenters. The van der Waals surface area contributed by atoms with Gasteiger partial charge in [0, 0.05) is 23.3 Å². The number of benzene rings is 1. The van der Waals surface area contributed by atoms with Crippen LogP contribution < -0.4 is 5.32 Å². The maximum atomic E-state index is 5.94. The molecule has 72 valence electrons. The van der Waals surface area contributed by atoms with Crippen molar-refractivity contribution >= 4 is 17.3 Å². The molecule has 0 amide bonds. The second kappa shape index (κ2) is 3.67. The number of anilines is 1. The van der Waals surface area contributed by atoms with E-state index in [4.69, 9.17) is 11.6 Å². The van der Waals surface area contributed by atoms with Crippen LogP contribution >= 0.6 is 11.6 Å². The molecule has 0 spiro atoms. The third-order valence-corrected chi connectivity index (χ3v) is 2.08. The van der Waals surface area contributed by atoms with Gasteiger partial charge in [0.2, 0.25) is 0 Å². The smallest absolute Gasteiger partial charge is 0.180 e. The van der Waals surface area contributed by atoms with Gasteiger partial charge in [-0.15, -0.1) is 0 Å². The van der Waals surface area contributed by atoms with Crippen LogP contribution in [0.15, 0.2) is 24.5 Å². The molecule has 2 aromatic rings. The Labute approximate surface area is 86.3 Å². The Balaban J connectivity index is 2.48. The van der Waals surface area contributed by atoms with E-state index < -0.39 is 0 Å². The van der Waals surface area contributed by atoms with Gasteiger partial charge in [0.1, 0.15) is 6.33 Å². The summed E-state index contributed by atoms with van der Waals surface area (Å²) in [6, 6.07) is 5.61. The second-order valence-electron chi connectivity index (χ2n) is 2.80. The summed E-state index contributed by atoms with van der Waals surface area (Å²) in [5, 5.41) is 10.3. The first-order valence-corrected chi connectivity index (χ1v) is 4.52. The van der Waals surface area contributed by atoms with Crippen LogP contribution in [-0.2, 0) is 0 Å². The third-order valence-electron chi connectivity index (χ3n) is 1.86. The van der Waals surface area contributed by atoms with Gasteiger partial charge in [0.15, 0.2) is 5.82 Å². The third kappa shape index (κ3) is 1.70. The summed E-state index contributed by atoms with van der Waals surface area (Å²) < 4.78 is 0. The van der Waals surface area contributed by atoms with Crippen LogP contribution in [0.3, 0.4) is 0 Å². The Hall–Kier alpha value is -1.55. The molecule has 0 fully saturated rings. The van der Waals surface area contributed by atoms with Gasteiger partial charge in [-0.3, -0.25) is 5.10 Å². The zero-order chi connectivity index (χ0) is 9.97. The number of hydrogen-bond acceptors (Lipinski definition) is 3. The predicted molar refractivity (Wildman–Crippen MR) is 56.4 cm³/mol. The Kier molecular flexibility index (Phi) is 2.37. The molecule has 0 radical (unpaired) electrons. The molecule has 0 saturated heterocycles. The number of nitrogens with zero attached hydrogens (tertiary/aromatic N) is 2.